The summed E-state index contributed by atoms with van der Waals surface area (Å²) >= 11 is 0. The fraction of sp³-hybridized carbons (Fsp3) is 0.667. The van der Waals surface area contributed by atoms with E-state index in [9.17, 15) is 4.79 Å². The van der Waals surface area contributed by atoms with Crippen LogP contribution in [0.15, 0.2) is 6.07 Å². The van der Waals surface area contributed by atoms with Gasteiger partial charge in [0.1, 0.15) is 0 Å². The van der Waals surface area contributed by atoms with Crippen LogP contribution in [0.5, 0.6) is 0 Å². The molecule has 5 heteroatoms. The summed E-state index contributed by atoms with van der Waals surface area (Å²) in [7, 11) is 0. The zero-order valence-corrected chi connectivity index (χ0v) is 10.8. The third kappa shape index (κ3) is 4.19. The van der Waals surface area contributed by atoms with Crippen molar-refractivity contribution in [2.24, 2.45) is 0 Å². The molecule has 1 rings (SSSR count). The van der Waals surface area contributed by atoms with Gasteiger partial charge in [0, 0.05) is 13.1 Å². The molecule has 96 valence electrons. The molecule has 1 heterocycles. The van der Waals surface area contributed by atoms with Crippen molar-refractivity contribution in [1.82, 2.24) is 15.1 Å². The quantitative estimate of drug-likeness (QED) is 0.724. The monoisotopic (exact) mass is 239 g/mol. The van der Waals surface area contributed by atoms with E-state index >= 15 is 0 Å². The molecule has 1 aromatic heterocycles. The van der Waals surface area contributed by atoms with Crippen molar-refractivity contribution >= 4 is 5.97 Å². The molecule has 5 nitrogen and oxygen atoms in total. The van der Waals surface area contributed by atoms with E-state index in [4.69, 9.17) is 4.74 Å². The normalized spacial score (nSPS) is 10.5. The summed E-state index contributed by atoms with van der Waals surface area (Å²) in [5, 5.41) is 7.50. The van der Waals surface area contributed by atoms with E-state index in [0.29, 0.717) is 13.2 Å². The van der Waals surface area contributed by atoms with E-state index in [1.165, 1.54) is 0 Å². The van der Waals surface area contributed by atoms with Gasteiger partial charge in [0.2, 0.25) is 0 Å². The molecule has 0 unspecified atom stereocenters. The van der Waals surface area contributed by atoms with Crippen molar-refractivity contribution in [3.63, 3.8) is 0 Å². The second-order valence-electron chi connectivity index (χ2n) is 3.70. The Morgan fingerprint density at radius 3 is 2.82 bits per heavy atom. The molecule has 0 saturated carbocycles. The highest BCUT2D eigenvalue weighted by atomic mass is 16.5. The van der Waals surface area contributed by atoms with Crippen LogP contribution in [0.3, 0.4) is 0 Å². The number of ether oxygens (including phenoxy) is 1. The van der Waals surface area contributed by atoms with Gasteiger partial charge in [-0.25, -0.2) is 0 Å². The van der Waals surface area contributed by atoms with Gasteiger partial charge in [0.25, 0.3) is 0 Å². The average molecular weight is 239 g/mol. The molecule has 1 aromatic rings. The molecule has 0 aliphatic heterocycles. The molecular weight excluding hydrogens is 218 g/mol. The molecule has 0 aliphatic carbocycles. The maximum absolute atomic E-state index is 11.1. The summed E-state index contributed by atoms with van der Waals surface area (Å²) in [6.07, 6.45) is 0.928. The van der Waals surface area contributed by atoms with Crippen LogP contribution in [0.1, 0.15) is 32.2 Å². The molecule has 0 radical (unpaired) electrons. The maximum Gasteiger partial charge on any atom is 0.319 e. The molecule has 0 aliphatic rings. The van der Waals surface area contributed by atoms with Crippen molar-refractivity contribution < 1.29 is 9.53 Å². The van der Waals surface area contributed by atoms with Crippen molar-refractivity contribution in [1.29, 1.82) is 0 Å². The third-order valence-corrected chi connectivity index (χ3v) is 2.46. The number of hydrogen-bond donors (Lipinski definition) is 1. The minimum Gasteiger partial charge on any atom is -0.465 e. The number of carbonyl (C=O) groups excluding carboxylic acids is 1. The average Bonchev–Trinajstić information content (AvgIpc) is 2.72. The lowest BCUT2D eigenvalue weighted by Gasteiger charge is -2.06. The highest BCUT2D eigenvalue weighted by Gasteiger charge is 2.06. The topological polar surface area (TPSA) is 56.1 Å². The number of carbonyl (C=O) groups is 1. The van der Waals surface area contributed by atoms with Crippen LogP contribution in [-0.4, -0.2) is 28.9 Å². The largest absolute Gasteiger partial charge is 0.465 e. The van der Waals surface area contributed by atoms with Crippen LogP contribution in [0.2, 0.25) is 0 Å². The van der Waals surface area contributed by atoms with Gasteiger partial charge in [-0.2, -0.15) is 5.10 Å². The Morgan fingerprint density at radius 2 is 2.24 bits per heavy atom. The van der Waals surface area contributed by atoms with Gasteiger partial charge in [-0.3, -0.25) is 9.48 Å². The van der Waals surface area contributed by atoms with Gasteiger partial charge in [-0.15, -0.1) is 0 Å². The standard InChI is InChI=1S/C12H21N3O2/c1-4-10-7-11(15(5-2)14-10)8-13-9-12(16)17-6-3/h7,13H,4-6,8-9H2,1-3H3. The van der Waals surface area contributed by atoms with Crippen LogP contribution in [0.25, 0.3) is 0 Å². The molecule has 1 N–H and O–H groups in total. The Kier molecular flexibility index (Phi) is 5.69. The number of aromatic nitrogens is 2. The Labute approximate surface area is 102 Å². The van der Waals surface area contributed by atoms with E-state index < -0.39 is 0 Å². The number of nitrogens with zero attached hydrogens (tertiary/aromatic N) is 2. The first kappa shape index (κ1) is 13.7. The zero-order chi connectivity index (χ0) is 12.7. The fourth-order valence-electron chi connectivity index (χ4n) is 1.61. The number of hydrogen-bond acceptors (Lipinski definition) is 4. The summed E-state index contributed by atoms with van der Waals surface area (Å²) in [4.78, 5) is 11.1. The van der Waals surface area contributed by atoms with Crippen LogP contribution in [0.4, 0.5) is 0 Å². The summed E-state index contributed by atoms with van der Waals surface area (Å²) in [5.41, 5.74) is 2.19. The second kappa shape index (κ2) is 7.06. The first-order valence-electron chi connectivity index (χ1n) is 6.13. The lowest BCUT2D eigenvalue weighted by atomic mass is 10.3. The zero-order valence-electron chi connectivity index (χ0n) is 10.8. The van der Waals surface area contributed by atoms with Gasteiger partial charge in [-0.05, 0) is 26.3 Å². The second-order valence-corrected chi connectivity index (χ2v) is 3.70. The van der Waals surface area contributed by atoms with Crippen LogP contribution in [0, 0.1) is 0 Å². The molecule has 0 bridgehead atoms. The number of rotatable bonds is 7. The van der Waals surface area contributed by atoms with Crippen LogP contribution < -0.4 is 5.32 Å². The Bertz CT molecular complexity index is 361. The maximum atomic E-state index is 11.1. The van der Waals surface area contributed by atoms with Gasteiger partial charge in [0.15, 0.2) is 0 Å². The van der Waals surface area contributed by atoms with Crippen molar-refractivity contribution in [3.8, 4) is 0 Å². The molecule has 0 saturated heterocycles. The predicted octanol–water partition coefficient (Wildman–Crippen LogP) is 1.12. The summed E-state index contributed by atoms with van der Waals surface area (Å²) < 4.78 is 6.79. The van der Waals surface area contributed by atoms with E-state index in [-0.39, 0.29) is 12.5 Å². The lowest BCUT2D eigenvalue weighted by molar-refractivity contribution is -0.142. The van der Waals surface area contributed by atoms with Crippen LogP contribution >= 0.6 is 0 Å². The van der Waals surface area contributed by atoms with Gasteiger partial charge >= 0.3 is 5.97 Å². The minimum atomic E-state index is -0.217. The Balaban J connectivity index is 2.45. The van der Waals surface area contributed by atoms with Crippen molar-refractivity contribution in [3.05, 3.63) is 17.5 Å². The molecule has 0 aromatic carbocycles. The SMILES string of the molecule is CCOC(=O)CNCc1cc(CC)nn1CC. The van der Waals surface area contributed by atoms with Gasteiger partial charge < -0.3 is 10.1 Å². The van der Waals surface area contributed by atoms with E-state index in [1.807, 2.05) is 4.68 Å². The molecular formula is C12H21N3O2. The molecule has 0 amide bonds. The number of esters is 1. The van der Waals surface area contributed by atoms with E-state index in [0.717, 1.165) is 24.4 Å². The first-order chi connectivity index (χ1) is 8.21. The molecule has 0 atom stereocenters. The molecule has 0 spiro atoms. The number of aryl methyl sites for hydroxylation is 2. The lowest BCUT2D eigenvalue weighted by Crippen LogP contribution is -2.25. The summed E-state index contributed by atoms with van der Waals surface area (Å²) in [6, 6.07) is 2.07. The van der Waals surface area contributed by atoms with Crippen molar-refractivity contribution in [2.45, 2.75) is 40.3 Å². The highest BCUT2D eigenvalue weighted by Crippen LogP contribution is 2.05. The minimum absolute atomic E-state index is 0.217. The van der Waals surface area contributed by atoms with Crippen LogP contribution in [-0.2, 0) is 29.0 Å². The Morgan fingerprint density at radius 1 is 1.47 bits per heavy atom. The summed E-state index contributed by atoms with van der Waals surface area (Å²) in [5.74, 6) is -0.217. The third-order valence-electron chi connectivity index (χ3n) is 2.46. The smallest absolute Gasteiger partial charge is 0.319 e. The Hall–Kier alpha value is -1.36. The fourth-order valence-corrected chi connectivity index (χ4v) is 1.61. The molecule has 17 heavy (non-hydrogen) atoms. The highest BCUT2D eigenvalue weighted by molar-refractivity contribution is 5.71. The van der Waals surface area contributed by atoms with Crippen molar-refractivity contribution in [2.75, 3.05) is 13.2 Å². The van der Waals surface area contributed by atoms with Gasteiger partial charge in [0.05, 0.1) is 24.5 Å². The first-order valence-corrected chi connectivity index (χ1v) is 6.13. The summed E-state index contributed by atoms with van der Waals surface area (Å²) in [6.45, 7) is 8.09. The van der Waals surface area contributed by atoms with E-state index in [2.05, 4.69) is 30.3 Å². The van der Waals surface area contributed by atoms with Gasteiger partial charge in [-0.1, -0.05) is 6.92 Å². The molecule has 0 fully saturated rings. The predicted molar refractivity (Wildman–Crippen MR) is 65.6 cm³/mol. The number of nitrogens with one attached hydrogen (secondary N) is 1. The van der Waals surface area contributed by atoms with E-state index in [1.54, 1.807) is 6.92 Å².